The highest BCUT2D eigenvalue weighted by molar-refractivity contribution is 5.76. The lowest BCUT2D eigenvalue weighted by Gasteiger charge is -2.32. The molecule has 0 aliphatic carbocycles. The largest absolute Gasteiger partial charge is 0.435 e. The van der Waals surface area contributed by atoms with Gasteiger partial charge in [-0.1, -0.05) is 0 Å². The SMILES string of the molecule is CNCCC1CCN(C(=O)Cn2ccc(C(F)(F)F)n2)CC1. The van der Waals surface area contributed by atoms with Gasteiger partial charge in [0.2, 0.25) is 5.91 Å². The standard InChI is InChI=1S/C14H21F3N4O/c1-18-6-2-11-3-7-20(8-4-11)13(22)10-21-9-5-12(19-21)14(15,16)17/h5,9,11,18H,2-4,6-8,10H2,1H3. The van der Waals surface area contributed by atoms with Crippen LogP contribution in [0.2, 0.25) is 0 Å². The molecule has 124 valence electrons. The normalized spacial score (nSPS) is 17.0. The fourth-order valence-corrected chi connectivity index (χ4v) is 2.66. The number of nitrogens with zero attached hydrogens (tertiary/aromatic N) is 3. The van der Waals surface area contributed by atoms with Crippen LogP contribution in [0.3, 0.4) is 0 Å². The van der Waals surface area contributed by atoms with E-state index in [2.05, 4.69) is 10.4 Å². The summed E-state index contributed by atoms with van der Waals surface area (Å²) in [6, 6.07) is 0.886. The smallest absolute Gasteiger partial charge is 0.341 e. The van der Waals surface area contributed by atoms with Crippen molar-refractivity contribution in [2.45, 2.75) is 32.0 Å². The molecule has 1 amide bonds. The predicted octanol–water partition coefficient (Wildman–Crippen LogP) is 1.75. The fourth-order valence-electron chi connectivity index (χ4n) is 2.66. The molecule has 2 rings (SSSR count). The molecular weight excluding hydrogens is 297 g/mol. The summed E-state index contributed by atoms with van der Waals surface area (Å²) < 4.78 is 38.4. The first-order chi connectivity index (χ1) is 10.4. The van der Waals surface area contributed by atoms with Crippen LogP contribution < -0.4 is 5.32 Å². The van der Waals surface area contributed by atoms with Crippen molar-refractivity contribution in [3.8, 4) is 0 Å². The number of nitrogens with one attached hydrogen (secondary N) is 1. The van der Waals surface area contributed by atoms with E-state index in [-0.39, 0.29) is 12.5 Å². The van der Waals surface area contributed by atoms with Crippen LogP contribution >= 0.6 is 0 Å². The monoisotopic (exact) mass is 318 g/mol. The van der Waals surface area contributed by atoms with Crippen LogP contribution in [-0.2, 0) is 17.5 Å². The van der Waals surface area contributed by atoms with Gasteiger partial charge in [0.1, 0.15) is 6.54 Å². The zero-order chi connectivity index (χ0) is 16.2. The van der Waals surface area contributed by atoms with Crippen molar-refractivity contribution < 1.29 is 18.0 Å². The number of carbonyl (C=O) groups is 1. The molecule has 2 heterocycles. The Bertz CT molecular complexity index is 493. The summed E-state index contributed by atoms with van der Waals surface area (Å²) in [7, 11) is 1.91. The van der Waals surface area contributed by atoms with Gasteiger partial charge < -0.3 is 10.2 Å². The third kappa shape index (κ3) is 4.46. The molecule has 0 aromatic carbocycles. The first-order valence-electron chi connectivity index (χ1n) is 7.43. The lowest BCUT2D eigenvalue weighted by atomic mass is 9.93. The highest BCUT2D eigenvalue weighted by atomic mass is 19.4. The van der Waals surface area contributed by atoms with E-state index in [1.807, 2.05) is 7.05 Å². The van der Waals surface area contributed by atoms with Gasteiger partial charge >= 0.3 is 6.18 Å². The number of amides is 1. The maximum Gasteiger partial charge on any atom is 0.435 e. The van der Waals surface area contributed by atoms with Crippen molar-refractivity contribution in [1.29, 1.82) is 0 Å². The fraction of sp³-hybridized carbons (Fsp3) is 0.714. The molecule has 5 nitrogen and oxygen atoms in total. The molecule has 1 saturated heterocycles. The lowest BCUT2D eigenvalue weighted by molar-refractivity contribution is -0.142. The number of likely N-dealkylation sites (tertiary alicyclic amines) is 1. The Kier molecular flexibility index (Phi) is 5.44. The molecule has 1 N–H and O–H groups in total. The third-order valence-corrected chi connectivity index (χ3v) is 4.00. The van der Waals surface area contributed by atoms with Crippen molar-refractivity contribution in [2.75, 3.05) is 26.7 Å². The van der Waals surface area contributed by atoms with Gasteiger partial charge in [-0.15, -0.1) is 0 Å². The number of halogens is 3. The van der Waals surface area contributed by atoms with Gasteiger partial charge in [0.15, 0.2) is 5.69 Å². The van der Waals surface area contributed by atoms with Crippen LogP contribution in [0.4, 0.5) is 13.2 Å². The van der Waals surface area contributed by atoms with E-state index in [4.69, 9.17) is 0 Å². The van der Waals surface area contributed by atoms with Crippen molar-refractivity contribution in [3.05, 3.63) is 18.0 Å². The molecule has 1 fully saturated rings. The summed E-state index contributed by atoms with van der Waals surface area (Å²) >= 11 is 0. The topological polar surface area (TPSA) is 50.2 Å². The summed E-state index contributed by atoms with van der Waals surface area (Å²) in [5.74, 6) is 0.432. The third-order valence-electron chi connectivity index (χ3n) is 4.00. The average molecular weight is 318 g/mol. The molecule has 1 aromatic rings. The Morgan fingerprint density at radius 2 is 2.09 bits per heavy atom. The van der Waals surface area contributed by atoms with Crippen LogP contribution in [0.1, 0.15) is 25.0 Å². The molecule has 0 saturated carbocycles. The number of rotatable bonds is 5. The van der Waals surface area contributed by atoms with Gasteiger partial charge in [0.25, 0.3) is 0 Å². The van der Waals surface area contributed by atoms with Crippen LogP contribution in [0.25, 0.3) is 0 Å². The Morgan fingerprint density at radius 1 is 1.41 bits per heavy atom. The molecule has 8 heteroatoms. The zero-order valence-electron chi connectivity index (χ0n) is 12.6. The van der Waals surface area contributed by atoms with Crippen molar-refractivity contribution in [2.24, 2.45) is 5.92 Å². The van der Waals surface area contributed by atoms with Crippen LogP contribution in [0.15, 0.2) is 12.3 Å². The average Bonchev–Trinajstić information content (AvgIpc) is 2.94. The molecule has 0 radical (unpaired) electrons. The second-order valence-corrected chi connectivity index (χ2v) is 5.61. The summed E-state index contributed by atoms with van der Waals surface area (Å²) in [6.45, 7) is 2.16. The number of hydrogen-bond acceptors (Lipinski definition) is 3. The number of piperidine rings is 1. The van der Waals surface area contributed by atoms with Crippen LogP contribution in [0, 0.1) is 5.92 Å². The number of aromatic nitrogens is 2. The predicted molar refractivity (Wildman–Crippen MR) is 75.1 cm³/mol. The Hall–Kier alpha value is -1.57. The Morgan fingerprint density at radius 3 is 2.64 bits per heavy atom. The molecule has 0 spiro atoms. The van der Waals surface area contributed by atoms with Gasteiger partial charge in [-0.3, -0.25) is 9.48 Å². The zero-order valence-corrected chi connectivity index (χ0v) is 12.6. The minimum atomic E-state index is -4.47. The first-order valence-corrected chi connectivity index (χ1v) is 7.43. The van der Waals surface area contributed by atoms with Crippen LogP contribution in [-0.4, -0.2) is 47.3 Å². The minimum absolute atomic E-state index is 0.142. The van der Waals surface area contributed by atoms with Gasteiger partial charge in [0.05, 0.1) is 0 Å². The molecule has 1 aliphatic heterocycles. The molecule has 1 aromatic heterocycles. The van der Waals surface area contributed by atoms with E-state index in [1.165, 1.54) is 6.20 Å². The summed E-state index contributed by atoms with van der Waals surface area (Å²) in [4.78, 5) is 13.8. The van der Waals surface area contributed by atoms with E-state index in [0.29, 0.717) is 19.0 Å². The highest BCUT2D eigenvalue weighted by Crippen LogP contribution is 2.27. The van der Waals surface area contributed by atoms with Gasteiger partial charge in [-0.2, -0.15) is 18.3 Å². The second kappa shape index (κ2) is 7.13. The van der Waals surface area contributed by atoms with Crippen LogP contribution in [0.5, 0.6) is 0 Å². The second-order valence-electron chi connectivity index (χ2n) is 5.61. The summed E-state index contributed by atoms with van der Waals surface area (Å²) in [6.07, 6.45) is -0.298. The number of alkyl halides is 3. The molecule has 1 aliphatic rings. The number of carbonyl (C=O) groups excluding carboxylic acids is 1. The molecule has 0 atom stereocenters. The number of hydrogen-bond donors (Lipinski definition) is 1. The summed E-state index contributed by atoms with van der Waals surface area (Å²) in [5, 5.41) is 6.52. The molecular formula is C14H21F3N4O. The van der Waals surface area contributed by atoms with E-state index < -0.39 is 11.9 Å². The van der Waals surface area contributed by atoms with E-state index in [9.17, 15) is 18.0 Å². The highest BCUT2D eigenvalue weighted by Gasteiger charge is 2.33. The maximum absolute atomic E-state index is 12.5. The van der Waals surface area contributed by atoms with Crippen molar-refractivity contribution >= 4 is 5.91 Å². The quantitative estimate of drug-likeness (QED) is 0.900. The van der Waals surface area contributed by atoms with Gasteiger partial charge in [-0.05, 0) is 44.8 Å². The minimum Gasteiger partial charge on any atom is -0.341 e. The Balaban J connectivity index is 1.82. The van der Waals surface area contributed by atoms with E-state index >= 15 is 0 Å². The van der Waals surface area contributed by atoms with E-state index in [1.54, 1.807) is 4.90 Å². The molecule has 0 bridgehead atoms. The van der Waals surface area contributed by atoms with Crippen molar-refractivity contribution in [1.82, 2.24) is 20.0 Å². The lowest BCUT2D eigenvalue weighted by Crippen LogP contribution is -2.40. The molecule has 0 unspecified atom stereocenters. The van der Waals surface area contributed by atoms with Gasteiger partial charge in [0, 0.05) is 19.3 Å². The molecule has 22 heavy (non-hydrogen) atoms. The Labute approximate surface area is 127 Å². The first kappa shape index (κ1) is 16.8. The van der Waals surface area contributed by atoms with E-state index in [0.717, 1.165) is 36.6 Å². The summed E-state index contributed by atoms with van der Waals surface area (Å²) in [5.41, 5.74) is -0.967. The van der Waals surface area contributed by atoms with Crippen molar-refractivity contribution in [3.63, 3.8) is 0 Å². The van der Waals surface area contributed by atoms with Gasteiger partial charge in [-0.25, -0.2) is 0 Å². The maximum atomic E-state index is 12.5.